The zero-order chi connectivity index (χ0) is 25.8. The highest BCUT2D eigenvalue weighted by molar-refractivity contribution is 6.13. The van der Waals surface area contributed by atoms with E-state index in [2.05, 4.69) is 47.0 Å². The van der Waals surface area contributed by atoms with Crippen molar-refractivity contribution in [2.75, 3.05) is 0 Å². The Hall–Kier alpha value is -5.90. The van der Waals surface area contributed by atoms with Crippen molar-refractivity contribution in [3.63, 3.8) is 0 Å². The van der Waals surface area contributed by atoms with E-state index >= 15 is 0 Å². The van der Waals surface area contributed by atoms with E-state index in [4.69, 9.17) is 9.40 Å². The minimum absolute atomic E-state index is 0.134. The molecule has 3 heterocycles. The average molecular weight is 486 g/mol. The van der Waals surface area contributed by atoms with Gasteiger partial charge in [0.1, 0.15) is 35.2 Å². The van der Waals surface area contributed by atoms with Crippen LogP contribution in [0.15, 0.2) is 95.5 Å². The van der Waals surface area contributed by atoms with Crippen LogP contribution in [-0.2, 0) is 0 Å². The van der Waals surface area contributed by atoms with Gasteiger partial charge in [0.2, 0.25) is 0 Å². The van der Waals surface area contributed by atoms with Crippen molar-refractivity contribution >= 4 is 43.7 Å². The molecule has 0 radical (unpaired) electrons. The maximum Gasteiger partial charge on any atom is 0.155 e. The number of furan rings is 1. The van der Waals surface area contributed by atoms with Gasteiger partial charge in [0.05, 0.1) is 22.2 Å². The molecule has 0 atom stereocenters. The van der Waals surface area contributed by atoms with Gasteiger partial charge in [-0.15, -0.1) is 0 Å². The molecule has 0 amide bonds. The van der Waals surface area contributed by atoms with Gasteiger partial charge in [-0.3, -0.25) is 4.57 Å². The van der Waals surface area contributed by atoms with Crippen molar-refractivity contribution in [3.05, 3.63) is 108 Å². The van der Waals surface area contributed by atoms with Crippen molar-refractivity contribution in [3.8, 4) is 35.2 Å². The SMILES string of the molecule is N#Cc1c(-c2ccc(-n3c4ccccc4c4ccccc43)nc2)c(C#N)c2oc3ccccc3c2c1C#N. The molecule has 0 unspecified atom stereocenters. The summed E-state index contributed by atoms with van der Waals surface area (Å²) < 4.78 is 8.14. The standard InChI is InChI=1S/C32H15N5O/c33-15-23-24(16-34)31-22-9-3-6-12-28(22)38-32(31)25(17-35)30(23)19-13-14-29(36-18-19)37-26-10-4-1-7-20(26)21-8-2-5-11-27(21)37/h1-14,18H. The lowest BCUT2D eigenvalue weighted by molar-refractivity contribution is 0.667. The number of pyridine rings is 1. The van der Waals surface area contributed by atoms with Crippen LogP contribution < -0.4 is 0 Å². The van der Waals surface area contributed by atoms with Crippen LogP contribution >= 0.6 is 0 Å². The molecule has 7 rings (SSSR count). The lowest BCUT2D eigenvalue weighted by Crippen LogP contribution is -1.99. The molecule has 0 N–H and O–H groups in total. The van der Waals surface area contributed by atoms with Crippen molar-refractivity contribution in [1.82, 2.24) is 9.55 Å². The van der Waals surface area contributed by atoms with Crippen LogP contribution in [0.2, 0.25) is 0 Å². The number of fused-ring (bicyclic) bond motifs is 6. The summed E-state index contributed by atoms with van der Waals surface area (Å²) in [5.41, 5.74) is 4.34. The lowest BCUT2D eigenvalue weighted by Gasteiger charge is -2.11. The van der Waals surface area contributed by atoms with Crippen LogP contribution in [0.25, 0.3) is 60.7 Å². The van der Waals surface area contributed by atoms with Crippen LogP contribution in [-0.4, -0.2) is 9.55 Å². The van der Waals surface area contributed by atoms with E-state index in [1.165, 1.54) is 0 Å². The normalized spacial score (nSPS) is 11.1. The summed E-state index contributed by atoms with van der Waals surface area (Å²) in [4.78, 5) is 4.76. The fraction of sp³-hybridized carbons (Fsp3) is 0. The van der Waals surface area contributed by atoms with Crippen molar-refractivity contribution < 1.29 is 4.42 Å². The predicted octanol–water partition coefficient (Wildman–Crippen LogP) is 7.36. The number of para-hydroxylation sites is 3. The molecular weight excluding hydrogens is 470 g/mol. The van der Waals surface area contributed by atoms with Gasteiger partial charge in [-0.2, -0.15) is 15.8 Å². The second-order valence-corrected chi connectivity index (χ2v) is 8.91. The molecule has 0 aliphatic carbocycles. The lowest BCUT2D eigenvalue weighted by atomic mass is 9.89. The molecule has 0 spiro atoms. The molecule has 38 heavy (non-hydrogen) atoms. The fourth-order valence-corrected chi connectivity index (χ4v) is 5.41. The summed E-state index contributed by atoms with van der Waals surface area (Å²) in [6, 6.07) is 33.9. The summed E-state index contributed by atoms with van der Waals surface area (Å²) >= 11 is 0. The highest BCUT2D eigenvalue weighted by atomic mass is 16.3. The highest BCUT2D eigenvalue weighted by Gasteiger charge is 2.25. The molecule has 0 aliphatic rings. The molecule has 4 aromatic carbocycles. The van der Waals surface area contributed by atoms with Gasteiger partial charge >= 0.3 is 0 Å². The Morgan fingerprint density at radius 3 is 1.84 bits per heavy atom. The molecule has 6 nitrogen and oxygen atoms in total. The molecule has 7 aromatic rings. The van der Waals surface area contributed by atoms with E-state index in [-0.39, 0.29) is 16.7 Å². The van der Waals surface area contributed by atoms with Gasteiger partial charge in [-0.25, -0.2) is 4.98 Å². The van der Waals surface area contributed by atoms with E-state index < -0.39 is 0 Å². The smallest absolute Gasteiger partial charge is 0.155 e. The Kier molecular flexibility index (Phi) is 4.54. The van der Waals surface area contributed by atoms with Crippen molar-refractivity contribution in [1.29, 1.82) is 15.8 Å². The Labute approximate surface area is 216 Å². The first kappa shape index (κ1) is 21.4. The topological polar surface area (TPSA) is 102 Å². The summed E-state index contributed by atoms with van der Waals surface area (Å²) in [6.45, 7) is 0. The second kappa shape index (κ2) is 8.07. The van der Waals surface area contributed by atoms with Gasteiger partial charge in [0.25, 0.3) is 0 Å². The summed E-state index contributed by atoms with van der Waals surface area (Å²) in [6.07, 6.45) is 1.64. The molecular formula is C32H15N5O. The third-order valence-corrected chi connectivity index (χ3v) is 7.00. The zero-order valence-corrected chi connectivity index (χ0v) is 19.8. The summed E-state index contributed by atoms with van der Waals surface area (Å²) in [7, 11) is 0. The Morgan fingerprint density at radius 2 is 1.24 bits per heavy atom. The van der Waals surface area contributed by atoms with Crippen molar-refractivity contribution in [2.24, 2.45) is 0 Å². The second-order valence-electron chi connectivity index (χ2n) is 8.91. The monoisotopic (exact) mass is 485 g/mol. The molecule has 0 saturated heterocycles. The van der Waals surface area contributed by atoms with Crippen LogP contribution in [0, 0.1) is 34.0 Å². The number of rotatable bonds is 2. The first-order valence-electron chi connectivity index (χ1n) is 11.9. The number of nitriles is 3. The van der Waals surface area contributed by atoms with E-state index in [0.29, 0.717) is 38.9 Å². The van der Waals surface area contributed by atoms with Crippen LogP contribution in [0.1, 0.15) is 16.7 Å². The number of hydrogen-bond donors (Lipinski definition) is 0. The largest absolute Gasteiger partial charge is 0.455 e. The molecule has 0 aliphatic heterocycles. The quantitative estimate of drug-likeness (QED) is 0.254. The average Bonchev–Trinajstić information content (AvgIpc) is 3.52. The summed E-state index contributed by atoms with van der Waals surface area (Å²) in [5, 5.41) is 33.9. The van der Waals surface area contributed by atoms with Crippen molar-refractivity contribution in [2.45, 2.75) is 0 Å². The zero-order valence-electron chi connectivity index (χ0n) is 19.8. The molecule has 174 valence electrons. The predicted molar refractivity (Wildman–Crippen MR) is 145 cm³/mol. The Balaban J connectivity index is 1.50. The molecule has 6 heteroatoms. The maximum absolute atomic E-state index is 10.2. The van der Waals surface area contributed by atoms with E-state index in [1.54, 1.807) is 12.3 Å². The molecule has 0 bridgehead atoms. The third kappa shape index (κ3) is 2.82. The minimum Gasteiger partial charge on any atom is -0.455 e. The highest BCUT2D eigenvalue weighted by Crippen LogP contribution is 2.41. The van der Waals surface area contributed by atoms with Gasteiger partial charge < -0.3 is 4.42 Å². The minimum atomic E-state index is 0.134. The number of nitrogens with zero attached hydrogens (tertiary/aromatic N) is 5. The van der Waals surface area contributed by atoms with Crippen LogP contribution in [0.3, 0.4) is 0 Å². The Morgan fingerprint density at radius 1 is 0.632 bits per heavy atom. The third-order valence-electron chi connectivity index (χ3n) is 7.00. The Bertz CT molecular complexity index is 2160. The first-order valence-corrected chi connectivity index (χ1v) is 11.9. The van der Waals surface area contributed by atoms with Gasteiger partial charge in [-0.05, 0) is 30.3 Å². The fourth-order valence-electron chi connectivity index (χ4n) is 5.41. The summed E-state index contributed by atoms with van der Waals surface area (Å²) in [5.74, 6) is 0.702. The van der Waals surface area contributed by atoms with E-state index in [1.807, 2.05) is 54.6 Å². The van der Waals surface area contributed by atoms with E-state index in [0.717, 1.165) is 21.8 Å². The molecule has 0 saturated carbocycles. The molecule has 3 aromatic heterocycles. The number of benzene rings is 4. The van der Waals surface area contributed by atoms with Gasteiger partial charge in [0, 0.05) is 38.9 Å². The number of hydrogen-bond acceptors (Lipinski definition) is 5. The van der Waals surface area contributed by atoms with Crippen LogP contribution in [0.5, 0.6) is 0 Å². The molecule has 0 fully saturated rings. The van der Waals surface area contributed by atoms with Gasteiger partial charge in [0.15, 0.2) is 5.58 Å². The first-order chi connectivity index (χ1) is 18.7. The van der Waals surface area contributed by atoms with Crippen LogP contribution in [0.4, 0.5) is 0 Å². The number of aromatic nitrogens is 2. The van der Waals surface area contributed by atoms with Gasteiger partial charge in [-0.1, -0.05) is 54.6 Å². The van der Waals surface area contributed by atoms with E-state index in [9.17, 15) is 15.8 Å². The maximum atomic E-state index is 10.2.